The smallest absolute Gasteiger partial charge is 0.168 e. The summed E-state index contributed by atoms with van der Waals surface area (Å²) in [6, 6.07) is 0.874. The third-order valence-corrected chi connectivity index (χ3v) is 2.95. The van der Waals surface area contributed by atoms with Crippen LogP contribution in [0.2, 0.25) is 0 Å². The molecule has 0 bridgehead atoms. The van der Waals surface area contributed by atoms with E-state index in [1.54, 1.807) is 0 Å². The lowest BCUT2D eigenvalue weighted by Crippen LogP contribution is -2.22. The van der Waals surface area contributed by atoms with Crippen LogP contribution in [0.15, 0.2) is 12.3 Å². The van der Waals surface area contributed by atoms with Crippen LogP contribution in [0.4, 0.5) is 14.6 Å². The molecule has 1 aromatic heterocycles. The van der Waals surface area contributed by atoms with Gasteiger partial charge in [-0.3, -0.25) is 0 Å². The third kappa shape index (κ3) is 2.29. The van der Waals surface area contributed by atoms with Crippen LogP contribution >= 0.6 is 0 Å². The molecular weight excluding hydrogens is 212 g/mol. The van der Waals surface area contributed by atoms with Gasteiger partial charge in [0.25, 0.3) is 0 Å². The van der Waals surface area contributed by atoms with Crippen LogP contribution in [0.1, 0.15) is 12.8 Å². The molecule has 0 aliphatic carbocycles. The monoisotopic (exact) mass is 227 g/mol. The zero-order valence-electron chi connectivity index (χ0n) is 9.00. The lowest BCUT2D eigenvalue weighted by molar-refractivity contribution is 0.542. The SMILES string of the molecule is NCCC1CCN(c2ncc(F)cc2F)C1. The van der Waals surface area contributed by atoms with Gasteiger partial charge in [0.05, 0.1) is 6.20 Å². The summed E-state index contributed by atoms with van der Waals surface area (Å²) in [6.07, 6.45) is 2.99. The standard InChI is InChI=1S/C11H15F2N3/c12-9-5-10(13)11(15-6-9)16-4-2-8(7-16)1-3-14/h5-6,8H,1-4,7,14H2. The van der Waals surface area contributed by atoms with Gasteiger partial charge in [-0.15, -0.1) is 0 Å². The first-order valence-corrected chi connectivity index (χ1v) is 5.46. The zero-order valence-corrected chi connectivity index (χ0v) is 9.00. The maximum Gasteiger partial charge on any atom is 0.168 e. The van der Waals surface area contributed by atoms with E-state index in [9.17, 15) is 8.78 Å². The fourth-order valence-corrected chi connectivity index (χ4v) is 2.14. The van der Waals surface area contributed by atoms with Crippen molar-refractivity contribution in [1.29, 1.82) is 0 Å². The van der Waals surface area contributed by atoms with Gasteiger partial charge in [0.2, 0.25) is 0 Å². The number of nitrogens with two attached hydrogens (primary N) is 1. The molecule has 1 atom stereocenters. The van der Waals surface area contributed by atoms with E-state index in [1.165, 1.54) is 0 Å². The van der Waals surface area contributed by atoms with Gasteiger partial charge >= 0.3 is 0 Å². The van der Waals surface area contributed by atoms with E-state index in [-0.39, 0.29) is 5.82 Å². The quantitative estimate of drug-likeness (QED) is 0.851. The summed E-state index contributed by atoms with van der Waals surface area (Å²) in [4.78, 5) is 5.66. The lowest BCUT2D eigenvalue weighted by Gasteiger charge is -2.17. The predicted octanol–water partition coefficient (Wildman–Crippen LogP) is 1.53. The third-order valence-electron chi connectivity index (χ3n) is 2.95. The molecule has 3 nitrogen and oxygen atoms in total. The van der Waals surface area contributed by atoms with Crippen molar-refractivity contribution in [3.8, 4) is 0 Å². The second-order valence-electron chi connectivity index (χ2n) is 4.14. The molecule has 0 aromatic carbocycles. The van der Waals surface area contributed by atoms with Crippen LogP contribution in [-0.4, -0.2) is 24.6 Å². The Labute approximate surface area is 93.3 Å². The molecule has 1 fully saturated rings. The van der Waals surface area contributed by atoms with Gasteiger partial charge < -0.3 is 10.6 Å². The van der Waals surface area contributed by atoms with Crippen LogP contribution < -0.4 is 10.6 Å². The number of aromatic nitrogens is 1. The molecule has 2 heterocycles. The van der Waals surface area contributed by atoms with Crippen molar-refractivity contribution >= 4 is 5.82 Å². The van der Waals surface area contributed by atoms with Crippen LogP contribution in [0.3, 0.4) is 0 Å². The van der Waals surface area contributed by atoms with E-state index in [2.05, 4.69) is 4.98 Å². The summed E-state index contributed by atoms with van der Waals surface area (Å²) < 4.78 is 26.1. The molecule has 1 aliphatic heterocycles. The molecule has 0 spiro atoms. The van der Waals surface area contributed by atoms with Gasteiger partial charge in [-0.1, -0.05) is 0 Å². The van der Waals surface area contributed by atoms with Crippen molar-refractivity contribution in [2.24, 2.45) is 11.7 Å². The topological polar surface area (TPSA) is 42.1 Å². The Morgan fingerprint density at radius 2 is 2.31 bits per heavy atom. The van der Waals surface area contributed by atoms with Crippen LogP contribution in [-0.2, 0) is 0 Å². The second kappa shape index (κ2) is 4.74. The minimum absolute atomic E-state index is 0.251. The number of hydrogen-bond acceptors (Lipinski definition) is 3. The van der Waals surface area contributed by atoms with E-state index in [1.807, 2.05) is 4.90 Å². The Bertz CT molecular complexity index is 370. The largest absolute Gasteiger partial charge is 0.354 e. The summed E-state index contributed by atoms with van der Waals surface area (Å²) in [5.41, 5.74) is 5.48. The zero-order chi connectivity index (χ0) is 11.5. The van der Waals surface area contributed by atoms with Crippen molar-refractivity contribution in [2.75, 3.05) is 24.5 Å². The fraction of sp³-hybridized carbons (Fsp3) is 0.545. The van der Waals surface area contributed by atoms with E-state index in [0.29, 0.717) is 12.5 Å². The molecule has 1 aromatic rings. The number of rotatable bonds is 3. The number of halogens is 2. The fourth-order valence-electron chi connectivity index (χ4n) is 2.14. The van der Waals surface area contributed by atoms with E-state index >= 15 is 0 Å². The lowest BCUT2D eigenvalue weighted by atomic mass is 10.1. The molecular formula is C11H15F2N3. The maximum atomic E-state index is 13.4. The first-order chi connectivity index (χ1) is 7.70. The molecule has 5 heteroatoms. The number of nitrogens with zero attached hydrogens (tertiary/aromatic N) is 2. The van der Waals surface area contributed by atoms with Gasteiger partial charge in [0, 0.05) is 19.2 Å². The number of pyridine rings is 1. The number of hydrogen-bond donors (Lipinski definition) is 1. The minimum atomic E-state index is -0.640. The van der Waals surface area contributed by atoms with Gasteiger partial charge in [-0.25, -0.2) is 13.8 Å². The Balaban J connectivity index is 2.08. The summed E-state index contributed by atoms with van der Waals surface area (Å²) in [6.45, 7) is 2.17. The minimum Gasteiger partial charge on any atom is -0.354 e. The van der Waals surface area contributed by atoms with Crippen LogP contribution in [0.5, 0.6) is 0 Å². The number of anilines is 1. The summed E-state index contributed by atoms with van der Waals surface area (Å²) in [5, 5.41) is 0. The predicted molar refractivity (Wildman–Crippen MR) is 58.1 cm³/mol. The molecule has 1 aliphatic rings. The normalized spacial score (nSPS) is 20.4. The molecule has 88 valence electrons. The van der Waals surface area contributed by atoms with Crippen molar-refractivity contribution in [3.05, 3.63) is 23.9 Å². The second-order valence-corrected chi connectivity index (χ2v) is 4.14. The van der Waals surface area contributed by atoms with E-state index in [0.717, 1.165) is 38.2 Å². The molecule has 16 heavy (non-hydrogen) atoms. The molecule has 0 amide bonds. The summed E-state index contributed by atoms with van der Waals surface area (Å²) in [5.74, 6) is -0.482. The molecule has 0 saturated carbocycles. The van der Waals surface area contributed by atoms with Gasteiger partial charge in [-0.2, -0.15) is 0 Å². The highest BCUT2D eigenvalue weighted by atomic mass is 19.1. The van der Waals surface area contributed by atoms with Crippen LogP contribution in [0.25, 0.3) is 0 Å². The average molecular weight is 227 g/mol. The Hall–Kier alpha value is -1.23. The summed E-state index contributed by atoms with van der Waals surface area (Å²) in [7, 11) is 0. The molecule has 1 unspecified atom stereocenters. The van der Waals surface area contributed by atoms with Crippen molar-refractivity contribution < 1.29 is 8.78 Å². The average Bonchev–Trinajstić information content (AvgIpc) is 2.67. The Morgan fingerprint density at radius 3 is 3.00 bits per heavy atom. The summed E-state index contributed by atoms with van der Waals surface area (Å²) >= 11 is 0. The Morgan fingerprint density at radius 1 is 1.50 bits per heavy atom. The van der Waals surface area contributed by atoms with E-state index in [4.69, 9.17) is 5.73 Å². The van der Waals surface area contributed by atoms with Gasteiger partial charge in [0.15, 0.2) is 11.6 Å². The highest BCUT2D eigenvalue weighted by Crippen LogP contribution is 2.25. The maximum absolute atomic E-state index is 13.4. The highest BCUT2D eigenvalue weighted by molar-refractivity contribution is 5.41. The van der Waals surface area contributed by atoms with Gasteiger partial charge in [-0.05, 0) is 25.3 Å². The molecule has 2 rings (SSSR count). The first kappa shape index (κ1) is 11.3. The highest BCUT2D eigenvalue weighted by Gasteiger charge is 2.24. The van der Waals surface area contributed by atoms with Crippen molar-refractivity contribution in [2.45, 2.75) is 12.8 Å². The molecule has 2 N–H and O–H groups in total. The van der Waals surface area contributed by atoms with Crippen molar-refractivity contribution in [3.63, 3.8) is 0 Å². The first-order valence-electron chi connectivity index (χ1n) is 5.46. The van der Waals surface area contributed by atoms with Crippen molar-refractivity contribution in [1.82, 2.24) is 4.98 Å². The van der Waals surface area contributed by atoms with E-state index < -0.39 is 11.6 Å². The molecule has 0 radical (unpaired) electrons. The van der Waals surface area contributed by atoms with Gasteiger partial charge in [0.1, 0.15) is 5.82 Å². The van der Waals surface area contributed by atoms with Crippen LogP contribution in [0, 0.1) is 17.6 Å². The molecule has 1 saturated heterocycles. The Kier molecular flexibility index (Phi) is 3.33.